The summed E-state index contributed by atoms with van der Waals surface area (Å²) in [6.07, 6.45) is 13.2. The van der Waals surface area contributed by atoms with Crippen molar-refractivity contribution < 1.29 is 0 Å². The molecular formula is C17H22. The Balaban J connectivity index is 1.89. The summed E-state index contributed by atoms with van der Waals surface area (Å²) in [5.41, 5.74) is 4.70. The Bertz CT molecular complexity index is 390. The highest BCUT2D eigenvalue weighted by atomic mass is 14.6. The predicted octanol–water partition coefficient (Wildman–Crippen LogP) is 4.71. The maximum atomic E-state index is 2.45. The van der Waals surface area contributed by atoms with E-state index in [0.717, 1.165) is 0 Å². The van der Waals surface area contributed by atoms with Crippen LogP contribution in [0.25, 0.3) is 0 Å². The molecule has 0 bridgehead atoms. The molecule has 2 fully saturated rings. The smallest absolute Gasteiger partial charge is 0.00356 e. The first-order chi connectivity index (χ1) is 8.35. The van der Waals surface area contributed by atoms with Gasteiger partial charge in [-0.1, -0.05) is 49.9 Å². The minimum Gasteiger partial charge on any atom is -0.0620 e. The van der Waals surface area contributed by atoms with Crippen LogP contribution in [0.4, 0.5) is 0 Å². The van der Waals surface area contributed by atoms with Crippen molar-refractivity contribution in [2.75, 3.05) is 0 Å². The zero-order chi connectivity index (χ0) is 11.3. The van der Waals surface area contributed by atoms with Gasteiger partial charge in [-0.15, -0.1) is 0 Å². The van der Waals surface area contributed by atoms with Crippen molar-refractivity contribution in [1.29, 1.82) is 0 Å². The highest BCUT2D eigenvalue weighted by Crippen LogP contribution is 2.61. The van der Waals surface area contributed by atoms with Gasteiger partial charge in [0, 0.05) is 0 Å². The highest BCUT2D eigenvalue weighted by molar-refractivity contribution is 5.47. The monoisotopic (exact) mass is 226 g/mol. The second-order valence-corrected chi connectivity index (χ2v) is 6.70. The Morgan fingerprint density at radius 1 is 0.647 bits per heavy atom. The van der Waals surface area contributed by atoms with Crippen molar-refractivity contribution in [3.05, 3.63) is 35.4 Å². The lowest BCUT2D eigenvalue weighted by atomic mass is 9.75. The Labute approximate surface area is 104 Å². The standard InChI is InChI=1S/C17H22/c1-2-8-15-14(7-1)16(9-3-4-10-16)13-17(15)11-5-6-12-17/h1-2,7-8H,3-6,9-13H2. The maximum absolute atomic E-state index is 2.45. The molecule has 0 heterocycles. The van der Waals surface area contributed by atoms with E-state index in [9.17, 15) is 0 Å². The van der Waals surface area contributed by atoms with Gasteiger partial charge >= 0.3 is 0 Å². The summed E-state index contributed by atoms with van der Waals surface area (Å²) in [6, 6.07) is 9.45. The van der Waals surface area contributed by atoms with E-state index in [4.69, 9.17) is 0 Å². The van der Waals surface area contributed by atoms with Crippen molar-refractivity contribution in [3.8, 4) is 0 Å². The van der Waals surface area contributed by atoms with Crippen LogP contribution in [0.1, 0.15) is 68.9 Å². The fourth-order valence-corrected chi connectivity index (χ4v) is 5.24. The average Bonchev–Trinajstić information content (AvgIpc) is 3.06. The summed E-state index contributed by atoms with van der Waals surface area (Å²) < 4.78 is 0. The molecule has 1 aromatic carbocycles. The lowest BCUT2D eigenvalue weighted by Crippen LogP contribution is -2.24. The van der Waals surface area contributed by atoms with E-state index in [1.165, 1.54) is 57.8 Å². The number of fused-ring (bicyclic) bond motifs is 3. The third-order valence-electron chi connectivity index (χ3n) is 5.87. The van der Waals surface area contributed by atoms with E-state index in [2.05, 4.69) is 24.3 Å². The van der Waals surface area contributed by atoms with E-state index < -0.39 is 0 Å². The van der Waals surface area contributed by atoms with Crippen LogP contribution < -0.4 is 0 Å². The summed E-state index contributed by atoms with van der Waals surface area (Å²) in [7, 11) is 0. The van der Waals surface area contributed by atoms with Gasteiger partial charge < -0.3 is 0 Å². The number of hydrogen-bond acceptors (Lipinski definition) is 0. The second kappa shape index (κ2) is 3.37. The molecule has 1 aromatic rings. The zero-order valence-corrected chi connectivity index (χ0v) is 10.7. The Morgan fingerprint density at radius 2 is 1.06 bits per heavy atom. The van der Waals surface area contributed by atoms with Crippen LogP contribution in [0.15, 0.2) is 24.3 Å². The minimum atomic E-state index is 0.598. The van der Waals surface area contributed by atoms with Crippen molar-refractivity contribution in [2.45, 2.75) is 68.6 Å². The van der Waals surface area contributed by atoms with Crippen LogP contribution in [0.3, 0.4) is 0 Å². The SMILES string of the molecule is c1ccc2c(c1)C1(CCCC1)CC21CCCC1. The van der Waals surface area contributed by atoms with Gasteiger partial charge in [-0.05, 0) is 54.1 Å². The molecule has 0 unspecified atom stereocenters. The highest BCUT2D eigenvalue weighted by Gasteiger charge is 2.53. The van der Waals surface area contributed by atoms with Gasteiger partial charge in [0.2, 0.25) is 0 Å². The molecular weight excluding hydrogens is 204 g/mol. The van der Waals surface area contributed by atoms with E-state index in [-0.39, 0.29) is 0 Å². The summed E-state index contributed by atoms with van der Waals surface area (Å²) in [4.78, 5) is 0. The molecule has 0 heteroatoms. The molecule has 0 N–H and O–H groups in total. The fraction of sp³-hybridized carbons (Fsp3) is 0.647. The van der Waals surface area contributed by atoms with Gasteiger partial charge in [0.15, 0.2) is 0 Å². The van der Waals surface area contributed by atoms with Crippen molar-refractivity contribution in [1.82, 2.24) is 0 Å². The third-order valence-corrected chi connectivity index (χ3v) is 5.87. The van der Waals surface area contributed by atoms with Gasteiger partial charge in [0.05, 0.1) is 0 Å². The van der Waals surface area contributed by atoms with Crippen LogP contribution in [0.2, 0.25) is 0 Å². The molecule has 0 aliphatic heterocycles. The van der Waals surface area contributed by atoms with E-state index in [1.807, 2.05) is 0 Å². The molecule has 2 spiro atoms. The Morgan fingerprint density at radius 3 is 1.47 bits per heavy atom. The number of hydrogen-bond donors (Lipinski definition) is 0. The second-order valence-electron chi connectivity index (χ2n) is 6.70. The quantitative estimate of drug-likeness (QED) is 0.601. The molecule has 2 saturated carbocycles. The fourth-order valence-electron chi connectivity index (χ4n) is 5.24. The molecule has 0 saturated heterocycles. The van der Waals surface area contributed by atoms with Gasteiger partial charge in [-0.25, -0.2) is 0 Å². The lowest BCUT2D eigenvalue weighted by Gasteiger charge is -2.29. The first-order valence-corrected chi connectivity index (χ1v) is 7.45. The summed E-state index contributed by atoms with van der Waals surface area (Å²) in [6.45, 7) is 0. The molecule has 3 aliphatic rings. The van der Waals surface area contributed by atoms with Gasteiger partial charge in [-0.3, -0.25) is 0 Å². The summed E-state index contributed by atoms with van der Waals surface area (Å²) in [5.74, 6) is 0. The molecule has 4 rings (SSSR count). The third kappa shape index (κ3) is 1.25. The first-order valence-electron chi connectivity index (χ1n) is 7.45. The van der Waals surface area contributed by atoms with Gasteiger partial charge in [0.25, 0.3) is 0 Å². The molecule has 90 valence electrons. The first kappa shape index (κ1) is 10.2. The molecule has 17 heavy (non-hydrogen) atoms. The van der Waals surface area contributed by atoms with Gasteiger partial charge in [-0.2, -0.15) is 0 Å². The topological polar surface area (TPSA) is 0 Å². The molecule has 0 amide bonds. The molecule has 0 nitrogen and oxygen atoms in total. The van der Waals surface area contributed by atoms with Crippen LogP contribution in [0.5, 0.6) is 0 Å². The van der Waals surface area contributed by atoms with Crippen molar-refractivity contribution in [2.24, 2.45) is 0 Å². The van der Waals surface area contributed by atoms with E-state index in [0.29, 0.717) is 10.8 Å². The summed E-state index contributed by atoms with van der Waals surface area (Å²) in [5, 5.41) is 0. The Kier molecular flexibility index (Phi) is 2.02. The zero-order valence-electron chi connectivity index (χ0n) is 10.7. The lowest BCUT2D eigenvalue weighted by molar-refractivity contribution is 0.324. The van der Waals surface area contributed by atoms with Crippen molar-refractivity contribution >= 4 is 0 Å². The average molecular weight is 226 g/mol. The predicted molar refractivity (Wildman–Crippen MR) is 71.4 cm³/mol. The van der Waals surface area contributed by atoms with Crippen LogP contribution in [-0.4, -0.2) is 0 Å². The maximum Gasteiger partial charge on any atom is -0.00356 e. The molecule has 0 radical (unpaired) electrons. The van der Waals surface area contributed by atoms with E-state index >= 15 is 0 Å². The number of rotatable bonds is 0. The Hall–Kier alpha value is -0.780. The number of benzene rings is 1. The molecule has 3 aliphatic carbocycles. The minimum absolute atomic E-state index is 0.598. The largest absolute Gasteiger partial charge is 0.0620 e. The summed E-state index contributed by atoms with van der Waals surface area (Å²) >= 11 is 0. The molecule has 0 atom stereocenters. The van der Waals surface area contributed by atoms with Crippen molar-refractivity contribution in [3.63, 3.8) is 0 Å². The van der Waals surface area contributed by atoms with E-state index in [1.54, 1.807) is 11.1 Å². The van der Waals surface area contributed by atoms with Crippen LogP contribution >= 0.6 is 0 Å². The van der Waals surface area contributed by atoms with Gasteiger partial charge in [0.1, 0.15) is 0 Å². The van der Waals surface area contributed by atoms with Crippen LogP contribution in [-0.2, 0) is 10.8 Å². The normalized spacial score (nSPS) is 28.0. The van der Waals surface area contributed by atoms with Crippen LogP contribution in [0, 0.1) is 0 Å². The molecule has 0 aromatic heterocycles.